The van der Waals surface area contributed by atoms with Crippen molar-refractivity contribution >= 4 is 15.9 Å². The summed E-state index contributed by atoms with van der Waals surface area (Å²) in [4.78, 5) is 0. The summed E-state index contributed by atoms with van der Waals surface area (Å²) in [5.74, 6) is 0. The van der Waals surface area contributed by atoms with Crippen LogP contribution in [0.1, 0.15) is 36.1 Å². The number of benzene rings is 1. The van der Waals surface area contributed by atoms with Crippen LogP contribution < -0.4 is 5.32 Å². The second-order valence-electron chi connectivity index (χ2n) is 4.44. The highest BCUT2D eigenvalue weighted by Crippen LogP contribution is 2.27. The predicted molar refractivity (Wildman–Crippen MR) is 77.7 cm³/mol. The summed E-state index contributed by atoms with van der Waals surface area (Å²) < 4.78 is 6.33. The van der Waals surface area contributed by atoms with Gasteiger partial charge in [-0.1, -0.05) is 28.9 Å². The third-order valence-electron chi connectivity index (χ3n) is 3.02. The van der Waals surface area contributed by atoms with E-state index in [0.29, 0.717) is 0 Å². The topological polar surface area (TPSA) is 25.2 Å². The number of rotatable bonds is 5. The van der Waals surface area contributed by atoms with E-state index in [2.05, 4.69) is 53.3 Å². The first-order chi connectivity index (χ1) is 8.72. The molecule has 1 heterocycles. The molecule has 0 aliphatic heterocycles. The van der Waals surface area contributed by atoms with Crippen LogP contribution >= 0.6 is 15.9 Å². The fourth-order valence-corrected chi connectivity index (χ4v) is 2.57. The first kappa shape index (κ1) is 13.4. The van der Waals surface area contributed by atoms with Crippen molar-refractivity contribution in [2.45, 2.75) is 26.3 Å². The molecule has 0 radical (unpaired) electrons. The highest BCUT2D eigenvalue weighted by Gasteiger charge is 2.16. The Balaban J connectivity index is 2.33. The van der Waals surface area contributed by atoms with Gasteiger partial charge in [-0.3, -0.25) is 0 Å². The van der Waals surface area contributed by atoms with E-state index in [0.717, 1.165) is 17.4 Å². The van der Waals surface area contributed by atoms with Gasteiger partial charge in [-0.15, -0.1) is 0 Å². The Morgan fingerprint density at radius 1 is 1.33 bits per heavy atom. The zero-order chi connectivity index (χ0) is 13.0. The number of aryl methyl sites for hydroxylation is 1. The monoisotopic (exact) mass is 307 g/mol. The molecule has 1 atom stereocenters. The molecule has 0 bridgehead atoms. The Labute approximate surface area is 117 Å². The normalized spacial score (nSPS) is 12.6. The lowest BCUT2D eigenvalue weighted by Gasteiger charge is -2.20. The molecule has 0 aliphatic carbocycles. The van der Waals surface area contributed by atoms with E-state index in [1.54, 1.807) is 6.26 Å². The number of hydrogen-bond acceptors (Lipinski definition) is 2. The van der Waals surface area contributed by atoms with Gasteiger partial charge in [0, 0.05) is 10.0 Å². The Morgan fingerprint density at radius 3 is 2.78 bits per heavy atom. The molecule has 1 N–H and O–H groups in total. The van der Waals surface area contributed by atoms with E-state index in [4.69, 9.17) is 4.42 Å². The van der Waals surface area contributed by atoms with Crippen molar-refractivity contribution in [3.05, 3.63) is 58.0 Å². The van der Waals surface area contributed by atoms with Crippen LogP contribution in [0.3, 0.4) is 0 Å². The van der Waals surface area contributed by atoms with Crippen LogP contribution in [-0.4, -0.2) is 6.54 Å². The maximum Gasteiger partial charge on any atom is 0.0953 e. The number of hydrogen-bond donors (Lipinski definition) is 1. The standard InChI is InChI=1S/C15H18BrNO/c1-3-7-17-15(12-6-8-18-10-12)14-5-4-13(16)9-11(14)2/h4-6,8-10,15,17H,3,7H2,1-2H3. The summed E-state index contributed by atoms with van der Waals surface area (Å²) >= 11 is 3.51. The van der Waals surface area contributed by atoms with Gasteiger partial charge >= 0.3 is 0 Å². The summed E-state index contributed by atoms with van der Waals surface area (Å²) in [5, 5.41) is 3.57. The fraction of sp³-hybridized carbons (Fsp3) is 0.333. The maximum absolute atomic E-state index is 5.21. The number of halogens is 1. The lowest BCUT2D eigenvalue weighted by molar-refractivity contribution is 0.547. The third-order valence-corrected chi connectivity index (χ3v) is 3.51. The summed E-state index contributed by atoms with van der Waals surface area (Å²) in [7, 11) is 0. The first-order valence-corrected chi connectivity index (χ1v) is 7.03. The molecule has 2 nitrogen and oxygen atoms in total. The Kier molecular flexibility index (Phi) is 4.61. The van der Waals surface area contributed by atoms with E-state index >= 15 is 0 Å². The van der Waals surface area contributed by atoms with E-state index in [1.807, 2.05) is 12.3 Å². The van der Waals surface area contributed by atoms with E-state index in [9.17, 15) is 0 Å². The Bertz CT molecular complexity index is 493. The first-order valence-electron chi connectivity index (χ1n) is 6.24. The van der Waals surface area contributed by atoms with Gasteiger partial charge in [0.05, 0.1) is 18.6 Å². The molecule has 0 amide bonds. The minimum atomic E-state index is 0.205. The van der Waals surface area contributed by atoms with Gasteiger partial charge in [0.25, 0.3) is 0 Å². The molecule has 0 aliphatic rings. The van der Waals surface area contributed by atoms with Crippen molar-refractivity contribution in [2.75, 3.05) is 6.54 Å². The SMILES string of the molecule is CCCNC(c1ccoc1)c1ccc(Br)cc1C. The minimum absolute atomic E-state index is 0.205. The summed E-state index contributed by atoms with van der Waals surface area (Å²) in [6.45, 7) is 5.31. The smallest absolute Gasteiger partial charge is 0.0953 e. The number of nitrogens with one attached hydrogen (secondary N) is 1. The molecule has 18 heavy (non-hydrogen) atoms. The van der Waals surface area contributed by atoms with Crippen molar-refractivity contribution in [3.8, 4) is 0 Å². The Hall–Kier alpha value is -1.06. The third kappa shape index (κ3) is 3.03. The predicted octanol–water partition coefficient (Wildman–Crippen LogP) is 4.44. The molecule has 96 valence electrons. The average Bonchev–Trinajstić information content (AvgIpc) is 2.85. The molecule has 2 aromatic rings. The molecule has 3 heteroatoms. The minimum Gasteiger partial charge on any atom is -0.472 e. The van der Waals surface area contributed by atoms with Crippen molar-refractivity contribution in [1.29, 1.82) is 0 Å². The molecule has 0 saturated heterocycles. The van der Waals surface area contributed by atoms with Crippen LogP contribution in [0.2, 0.25) is 0 Å². The van der Waals surface area contributed by atoms with Gasteiger partial charge < -0.3 is 9.73 Å². The lowest BCUT2D eigenvalue weighted by Crippen LogP contribution is -2.23. The van der Waals surface area contributed by atoms with Crippen molar-refractivity contribution in [3.63, 3.8) is 0 Å². The van der Waals surface area contributed by atoms with Crippen LogP contribution in [0, 0.1) is 6.92 Å². The van der Waals surface area contributed by atoms with Crippen LogP contribution in [-0.2, 0) is 0 Å². The van der Waals surface area contributed by atoms with Gasteiger partial charge in [-0.25, -0.2) is 0 Å². The van der Waals surface area contributed by atoms with Crippen LogP contribution in [0.15, 0.2) is 45.7 Å². The molecule has 0 fully saturated rings. The van der Waals surface area contributed by atoms with Gasteiger partial charge in [0.15, 0.2) is 0 Å². The Morgan fingerprint density at radius 2 is 2.17 bits per heavy atom. The van der Waals surface area contributed by atoms with Crippen molar-refractivity contribution in [2.24, 2.45) is 0 Å². The quantitative estimate of drug-likeness (QED) is 0.883. The van der Waals surface area contributed by atoms with Gasteiger partial charge in [0.1, 0.15) is 0 Å². The molecule has 1 aromatic heterocycles. The van der Waals surface area contributed by atoms with Crippen molar-refractivity contribution < 1.29 is 4.42 Å². The molecule has 2 rings (SSSR count). The van der Waals surface area contributed by atoms with E-state index in [-0.39, 0.29) is 6.04 Å². The zero-order valence-corrected chi connectivity index (χ0v) is 12.3. The second-order valence-corrected chi connectivity index (χ2v) is 5.36. The van der Waals surface area contributed by atoms with E-state index in [1.165, 1.54) is 16.7 Å². The van der Waals surface area contributed by atoms with Gasteiger partial charge in [0.2, 0.25) is 0 Å². The van der Waals surface area contributed by atoms with Crippen LogP contribution in [0.5, 0.6) is 0 Å². The van der Waals surface area contributed by atoms with E-state index < -0.39 is 0 Å². The lowest BCUT2D eigenvalue weighted by atomic mass is 9.97. The largest absolute Gasteiger partial charge is 0.472 e. The van der Waals surface area contributed by atoms with Gasteiger partial charge in [-0.2, -0.15) is 0 Å². The second kappa shape index (κ2) is 6.21. The highest BCUT2D eigenvalue weighted by atomic mass is 79.9. The zero-order valence-electron chi connectivity index (χ0n) is 10.7. The summed E-state index contributed by atoms with van der Waals surface area (Å²) in [6, 6.07) is 8.63. The molecular formula is C15H18BrNO. The fourth-order valence-electron chi connectivity index (χ4n) is 2.10. The van der Waals surface area contributed by atoms with Crippen LogP contribution in [0.4, 0.5) is 0 Å². The van der Waals surface area contributed by atoms with Crippen LogP contribution in [0.25, 0.3) is 0 Å². The van der Waals surface area contributed by atoms with Gasteiger partial charge in [-0.05, 0) is 49.2 Å². The molecule has 1 unspecified atom stereocenters. The highest BCUT2D eigenvalue weighted by molar-refractivity contribution is 9.10. The number of furan rings is 1. The molecule has 1 aromatic carbocycles. The molecule has 0 spiro atoms. The van der Waals surface area contributed by atoms with Crippen molar-refractivity contribution in [1.82, 2.24) is 5.32 Å². The molecular weight excluding hydrogens is 290 g/mol. The average molecular weight is 308 g/mol. The maximum atomic E-state index is 5.21. The summed E-state index contributed by atoms with van der Waals surface area (Å²) in [6.07, 6.45) is 4.66. The molecule has 0 saturated carbocycles. The summed E-state index contributed by atoms with van der Waals surface area (Å²) in [5.41, 5.74) is 3.75.